The smallest absolute Gasteiger partial charge is 0.320 e. The topological polar surface area (TPSA) is 44.8 Å². The molecule has 1 N–H and O–H groups in total. The Balaban J connectivity index is 1.96. The van der Waals surface area contributed by atoms with E-state index in [0.717, 1.165) is 26.2 Å². The molecule has 0 saturated carbocycles. The minimum Gasteiger partial charge on any atom is -0.374 e. The van der Waals surface area contributed by atoms with Crippen molar-refractivity contribution in [2.24, 2.45) is 5.41 Å². The van der Waals surface area contributed by atoms with Gasteiger partial charge in [-0.1, -0.05) is 20.8 Å². The highest BCUT2D eigenvalue weighted by molar-refractivity contribution is 5.77. The van der Waals surface area contributed by atoms with Crippen LogP contribution < -0.4 is 5.32 Å². The fourth-order valence-electron chi connectivity index (χ4n) is 2.76. The number of nitrogens with one attached hydrogen (secondary N) is 1. The van der Waals surface area contributed by atoms with Crippen LogP contribution in [0.1, 0.15) is 20.8 Å². The number of ether oxygens (including phenoxy) is 1. The third kappa shape index (κ3) is 2.78. The molecule has 0 spiro atoms. The Bertz CT molecular complexity index is 308. The van der Waals surface area contributed by atoms with E-state index >= 15 is 0 Å². The van der Waals surface area contributed by atoms with Crippen LogP contribution in [0, 0.1) is 5.41 Å². The molecule has 2 aliphatic heterocycles. The molecule has 2 rings (SSSR count). The maximum atomic E-state index is 12.2. The van der Waals surface area contributed by atoms with E-state index in [0.29, 0.717) is 6.54 Å². The molecular formula is C13H25N3O2. The lowest BCUT2D eigenvalue weighted by Crippen LogP contribution is -2.46. The molecule has 0 aliphatic carbocycles. The van der Waals surface area contributed by atoms with Gasteiger partial charge in [0, 0.05) is 33.2 Å². The molecule has 2 saturated heterocycles. The molecule has 2 fully saturated rings. The third-order valence-corrected chi connectivity index (χ3v) is 3.86. The van der Waals surface area contributed by atoms with E-state index in [1.54, 1.807) is 0 Å². The van der Waals surface area contributed by atoms with Crippen LogP contribution in [0.15, 0.2) is 0 Å². The van der Waals surface area contributed by atoms with Crippen molar-refractivity contribution in [3.63, 3.8) is 0 Å². The fraction of sp³-hybridized carbons (Fsp3) is 0.923. The fourth-order valence-corrected chi connectivity index (χ4v) is 2.76. The van der Waals surface area contributed by atoms with Crippen LogP contribution in [-0.4, -0.2) is 67.8 Å². The lowest BCUT2D eigenvalue weighted by molar-refractivity contribution is 0.0139. The number of carbonyl (C=O) groups excluding carboxylic acids is 1. The molecule has 2 unspecified atom stereocenters. The third-order valence-electron chi connectivity index (χ3n) is 3.86. The Labute approximate surface area is 109 Å². The predicted molar refractivity (Wildman–Crippen MR) is 70.6 cm³/mol. The first kappa shape index (κ1) is 13.6. The van der Waals surface area contributed by atoms with Crippen LogP contribution in [0.2, 0.25) is 0 Å². The summed E-state index contributed by atoms with van der Waals surface area (Å²) in [7, 11) is 1.90. The minimum atomic E-state index is 0.116. The normalized spacial score (nSPS) is 30.1. The van der Waals surface area contributed by atoms with Gasteiger partial charge in [0.05, 0.1) is 18.8 Å². The van der Waals surface area contributed by atoms with Crippen LogP contribution in [0.25, 0.3) is 0 Å². The summed E-state index contributed by atoms with van der Waals surface area (Å²) < 4.78 is 5.67. The minimum absolute atomic E-state index is 0.116. The van der Waals surface area contributed by atoms with Gasteiger partial charge in [-0.05, 0) is 5.41 Å². The maximum absolute atomic E-state index is 12.2. The molecule has 0 aromatic rings. The number of morpholine rings is 1. The van der Waals surface area contributed by atoms with Crippen molar-refractivity contribution in [1.82, 2.24) is 15.1 Å². The van der Waals surface area contributed by atoms with Crippen LogP contribution >= 0.6 is 0 Å². The monoisotopic (exact) mass is 255 g/mol. The summed E-state index contributed by atoms with van der Waals surface area (Å²) in [4.78, 5) is 16.0. The first-order valence-electron chi connectivity index (χ1n) is 6.73. The summed E-state index contributed by atoms with van der Waals surface area (Å²) in [5.74, 6) is 0. The van der Waals surface area contributed by atoms with Gasteiger partial charge < -0.3 is 19.9 Å². The number of rotatable bonds is 2. The summed E-state index contributed by atoms with van der Waals surface area (Å²) in [6.07, 6.45) is 0.134. The molecule has 104 valence electrons. The number of hydrogen-bond acceptors (Lipinski definition) is 3. The van der Waals surface area contributed by atoms with Gasteiger partial charge in [-0.15, -0.1) is 0 Å². The molecule has 2 heterocycles. The zero-order chi connectivity index (χ0) is 13.3. The van der Waals surface area contributed by atoms with Crippen molar-refractivity contribution in [2.75, 3.05) is 39.8 Å². The first-order valence-corrected chi connectivity index (χ1v) is 6.73. The summed E-state index contributed by atoms with van der Waals surface area (Å²) >= 11 is 0. The van der Waals surface area contributed by atoms with Gasteiger partial charge in [0.1, 0.15) is 0 Å². The molecule has 5 heteroatoms. The second-order valence-corrected chi connectivity index (χ2v) is 6.38. The van der Waals surface area contributed by atoms with Crippen molar-refractivity contribution in [3.05, 3.63) is 0 Å². The van der Waals surface area contributed by atoms with E-state index in [-0.39, 0.29) is 23.6 Å². The Hall–Kier alpha value is -0.810. The molecule has 0 aromatic heterocycles. The van der Waals surface area contributed by atoms with Crippen LogP contribution in [0.3, 0.4) is 0 Å². The highest BCUT2D eigenvalue weighted by Gasteiger charge is 2.41. The largest absolute Gasteiger partial charge is 0.374 e. The number of likely N-dealkylation sites (N-methyl/N-ethyl adjacent to an activating group) is 1. The van der Waals surface area contributed by atoms with Crippen molar-refractivity contribution in [3.8, 4) is 0 Å². The first-order chi connectivity index (χ1) is 8.39. The van der Waals surface area contributed by atoms with Crippen LogP contribution in [-0.2, 0) is 4.74 Å². The van der Waals surface area contributed by atoms with E-state index < -0.39 is 0 Å². The maximum Gasteiger partial charge on any atom is 0.320 e. The van der Waals surface area contributed by atoms with Crippen molar-refractivity contribution in [1.29, 1.82) is 0 Å². The number of urea groups is 1. The van der Waals surface area contributed by atoms with E-state index in [1.807, 2.05) is 16.8 Å². The SMILES string of the molecule is CN1C(=O)N(CC2CNCCO2)CC1C(C)(C)C. The molecule has 5 nitrogen and oxygen atoms in total. The van der Waals surface area contributed by atoms with Crippen molar-refractivity contribution >= 4 is 6.03 Å². The Morgan fingerprint density at radius 2 is 2.17 bits per heavy atom. The number of carbonyl (C=O) groups is 1. The molecule has 2 amide bonds. The number of hydrogen-bond donors (Lipinski definition) is 1. The molecule has 2 aliphatic rings. The van der Waals surface area contributed by atoms with Gasteiger partial charge in [0.15, 0.2) is 0 Å². The van der Waals surface area contributed by atoms with Gasteiger partial charge in [0.25, 0.3) is 0 Å². The van der Waals surface area contributed by atoms with Gasteiger partial charge in [-0.3, -0.25) is 0 Å². The Morgan fingerprint density at radius 1 is 1.44 bits per heavy atom. The highest BCUT2D eigenvalue weighted by atomic mass is 16.5. The lowest BCUT2D eigenvalue weighted by Gasteiger charge is -2.31. The molecular weight excluding hydrogens is 230 g/mol. The molecule has 0 bridgehead atoms. The second kappa shape index (κ2) is 5.05. The van der Waals surface area contributed by atoms with Crippen LogP contribution in [0.4, 0.5) is 4.79 Å². The molecule has 0 aromatic carbocycles. The zero-order valence-electron chi connectivity index (χ0n) is 11.9. The summed E-state index contributed by atoms with van der Waals surface area (Å²) in [5, 5.41) is 3.30. The Kier molecular flexibility index (Phi) is 3.82. The number of nitrogens with zero attached hydrogens (tertiary/aromatic N) is 2. The Morgan fingerprint density at radius 3 is 2.67 bits per heavy atom. The highest BCUT2D eigenvalue weighted by Crippen LogP contribution is 2.29. The van der Waals surface area contributed by atoms with Crippen molar-refractivity contribution in [2.45, 2.75) is 32.9 Å². The van der Waals surface area contributed by atoms with Crippen LogP contribution in [0.5, 0.6) is 0 Å². The van der Waals surface area contributed by atoms with Crippen molar-refractivity contribution < 1.29 is 9.53 Å². The van der Waals surface area contributed by atoms with E-state index in [2.05, 4.69) is 26.1 Å². The van der Waals surface area contributed by atoms with E-state index in [4.69, 9.17) is 4.74 Å². The van der Waals surface area contributed by atoms with E-state index in [9.17, 15) is 4.79 Å². The summed E-state index contributed by atoms with van der Waals surface area (Å²) in [5.41, 5.74) is 0.116. The standard InChI is InChI=1S/C13H25N3O2/c1-13(2,3)11-9-16(12(17)15(11)4)8-10-7-14-5-6-18-10/h10-11,14H,5-9H2,1-4H3. The van der Waals surface area contributed by atoms with Gasteiger partial charge in [-0.25, -0.2) is 4.79 Å². The molecule has 0 radical (unpaired) electrons. The average Bonchev–Trinajstić information content (AvgIpc) is 2.58. The zero-order valence-corrected chi connectivity index (χ0v) is 11.9. The van der Waals surface area contributed by atoms with Gasteiger partial charge >= 0.3 is 6.03 Å². The summed E-state index contributed by atoms with van der Waals surface area (Å²) in [6.45, 7) is 10.5. The average molecular weight is 255 g/mol. The van der Waals surface area contributed by atoms with Gasteiger partial charge in [0.2, 0.25) is 0 Å². The number of amides is 2. The predicted octanol–water partition coefficient (Wildman–Crippen LogP) is 0.757. The van der Waals surface area contributed by atoms with E-state index in [1.165, 1.54) is 0 Å². The quantitative estimate of drug-likeness (QED) is 0.792. The molecule has 2 atom stereocenters. The molecule has 18 heavy (non-hydrogen) atoms. The second-order valence-electron chi connectivity index (χ2n) is 6.38. The summed E-state index contributed by atoms with van der Waals surface area (Å²) in [6, 6.07) is 0.408. The lowest BCUT2D eigenvalue weighted by atomic mass is 9.86. The van der Waals surface area contributed by atoms with Gasteiger partial charge in [-0.2, -0.15) is 0 Å².